The quantitative estimate of drug-likeness (QED) is 0.844. The Morgan fingerprint density at radius 2 is 2.11 bits per heavy atom. The van der Waals surface area contributed by atoms with Crippen LogP contribution >= 0.6 is 0 Å². The Hall–Kier alpha value is -1.71. The van der Waals surface area contributed by atoms with E-state index in [1.807, 2.05) is 39.0 Å². The van der Waals surface area contributed by atoms with E-state index in [-0.39, 0.29) is 18.6 Å². The van der Waals surface area contributed by atoms with Crippen molar-refractivity contribution in [2.45, 2.75) is 33.2 Å². The molecule has 100 valence electrons. The Bertz CT molecular complexity index is 404. The first-order valence-corrected chi connectivity index (χ1v) is 6.13. The number of carbonyl (C=O) groups is 1. The number of hydrogen-bond donors (Lipinski definition) is 1. The Labute approximate surface area is 108 Å². The van der Waals surface area contributed by atoms with Gasteiger partial charge in [0.05, 0.1) is 7.11 Å². The molecule has 18 heavy (non-hydrogen) atoms. The number of ether oxygens (including phenoxy) is 2. The minimum atomic E-state index is -0.119. The second-order valence-corrected chi connectivity index (χ2v) is 4.32. The van der Waals surface area contributed by atoms with Crippen molar-refractivity contribution in [3.05, 3.63) is 23.8 Å². The van der Waals surface area contributed by atoms with Crippen molar-refractivity contribution < 1.29 is 14.3 Å². The largest absolute Gasteiger partial charge is 0.493 e. The molecule has 1 N–H and O–H groups in total. The van der Waals surface area contributed by atoms with Crippen LogP contribution in [-0.2, 0) is 4.79 Å². The van der Waals surface area contributed by atoms with Gasteiger partial charge in [-0.05, 0) is 38.0 Å². The van der Waals surface area contributed by atoms with Gasteiger partial charge in [0.15, 0.2) is 18.1 Å². The molecule has 4 heteroatoms. The zero-order valence-electron chi connectivity index (χ0n) is 11.4. The van der Waals surface area contributed by atoms with Crippen molar-refractivity contribution in [1.29, 1.82) is 0 Å². The molecule has 0 aliphatic heterocycles. The SMILES string of the molecule is CC[C@@H](C)NC(=O)COc1ccc(C)cc1OC. The summed E-state index contributed by atoms with van der Waals surface area (Å²) in [5, 5.41) is 2.84. The summed E-state index contributed by atoms with van der Waals surface area (Å²) in [6.45, 7) is 5.96. The van der Waals surface area contributed by atoms with Gasteiger partial charge in [-0.25, -0.2) is 0 Å². The van der Waals surface area contributed by atoms with E-state index < -0.39 is 0 Å². The fourth-order valence-electron chi connectivity index (χ4n) is 1.46. The van der Waals surface area contributed by atoms with Gasteiger partial charge in [-0.2, -0.15) is 0 Å². The van der Waals surface area contributed by atoms with Crippen molar-refractivity contribution in [1.82, 2.24) is 5.32 Å². The summed E-state index contributed by atoms with van der Waals surface area (Å²) in [7, 11) is 1.58. The Kier molecular flexibility index (Phi) is 5.49. The van der Waals surface area contributed by atoms with Crippen LogP contribution in [-0.4, -0.2) is 25.7 Å². The Balaban J connectivity index is 2.55. The maximum Gasteiger partial charge on any atom is 0.258 e. The number of aryl methyl sites for hydroxylation is 1. The third kappa shape index (κ3) is 4.28. The third-order valence-electron chi connectivity index (χ3n) is 2.70. The molecule has 0 radical (unpaired) electrons. The fourth-order valence-corrected chi connectivity index (χ4v) is 1.46. The Morgan fingerprint density at radius 3 is 2.72 bits per heavy atom. The molecule has 1 rings (SSSR count). The van der Waals surface area contributed by atoms with Crippen LogP contribution in [0.3, 0.4) is 0 Å². The molecule has 0 unspecified atom stereocenters. The topological polar surface area (TPSA) is 47.6 Å². The molecule has 0 aliphatic carbocycles. The van der Waals surface area contributed by atoms with Gasteiger partial charge in [0.2, 0.25) is 0 Å². The van der Waals surface area contributed by atoms with Crippen LogP contribution in [0.5, 0.6) is 11.5 Å². The van der Waals surface area contributed by atoms with E-state index in [0.717, 1.165) is 12.0 Å². The van der Waals surface area contributed by atoms with E-state index in [4.69, 9.17) is 9.47 Å². The average molecular weight is 251 g/mol. The van der Waals surface area contributed by atoms with Crippen LogP contribution in [0.2, 0.25) is 0 Å². The number of hydrogen-bond acceptors (Lipinski definition) is 3. The summed E-state index contributed by atoms with van der Waals surface area (Å²) in [5.74, 6) is 1.11. The lowest BCUT2D eigenvalue weighted by Gasteiger charge is -2.13. The summed E-state index contributed by atoms with van der Waals surface area (Å²) in [4.78, 5) is 11.6. The first-order chi connectivity index (χ1) is 8.56. The van der Waals surface area contributed by atoms with Crippen molar-refractivity contribution in [3.63, 3.8) is 0 Å². The van der Waals surface area contributed by atoms with Crippen molar-refractivity contribution in [2.24, 2.45) is 0 Å². The number of methoxy groups -OCH3 is 1. The zero-order valence-corrected chi connectivity index (χ0v) is 11.4. The third-order valence-corrected chi connectivity index (χ3v) is 2.70. The van der Waals surface area contributed by atoms with E-state index >= 15 is 0 Å². The highest BCUT2D eigenvalue weighted by Gasteiger charge is 2.09. The number of rotatable bonds is 6. The van der Waals surface area contributed by atoms with E-state index in [0.29, 0.717) is 11.5 Å². The molecule has 1 aromatic carbocycles. The summed E-state index contributed by atoms with van der Waals surface area (Å²) in [6, 6.07) is 5.78. The smallest absolute Gasteiger partial charge is 0.258 e. The van der Waals surface area contributed by atoms with Gasteiger partial charge >= 0.3 is 0 Å². The first kappa shape index (κ1) is 14.4. The fraction of sp³-hybridized carbons (Fsp3) is 0.500. The molecule has 1 amide bonds. The van der Waals surface area contributed by atoms with Crippen LogP contribution in [0.1, 0.15) is 25.8 Å². The number of nitrogens with one attached hydrogen (secondary N) is 1. The van der Waals surface area contributed by atoms with Gasteiger partial charge in [0, 0.05) is 6.04 Å². The molecule has 0 saturated carbocycles. The van der Waals surface area contributed by atoms with E-state index in [1.165, 1.54) is 0 Å². The summed E-state index contributed by atoms with van der Waals surface area (Å²) in [5.41, 5.74) is 1.09. The van der Waals surface area contributed by atoms with Crippen LogP contribution in [0, 0.1) is 6.92 Å². The molecule has 0 heterocycles. The van der Waals surface area contributed by atoms with Crippen LogP contribution in [0.25, 0.3) is 0 Å². The van der Waals surface area contributed by atoms with Crippen molar-refractivity contribution in [2.75, 3.05) is 13.7 Å². The molecule has 0 aromatic heterocycles. The lowest BCUT2D eigenvalue weighted by Crippen LogP contribution is -2.35. The molecule has 0 aliphatic rings. The molecule has 4 nitrogen and oxygen atoms in total. The molecule has 1 aromatic rings. The van der Waals surface area contributed by atoms with E-state index in [9.17, 15) is 4.79 Å². The van der Waals surface area contributed by atoms with Crippen molar-refractivity contribution >= 4 is 5.91 Å². The van der Waals surface area contributed by atoms with Crippen LogP contribution in [0.15, 0.2) is 18.2 Å². The normalized spacial score (nSPS) is 11.8. The van der Waals surface area contributed by atoms with E-state index in [2.05, 4.69) is 5.32 Å². The van der Waals surface area contributed by atoms with Gasteiger partial charge in [0.25, 0.3) is 5.91 Å². The average Bonchev–Trinajstić information content (AvgIpc) is 2.36. The Morgan fingerprint density at radius 1 is 1.39 bits per heavy atom. The molecule has 0 bridgehead atoms. The predicted molar refractivity (Wildman–Crippen MR) is 71.1 cm³/mol. The van der Waals surface area contributed by atoms with Crippen LogP contribution in [0.4, 0.5) is 0 Å². The minimum Gasteiger partial charge on any atom is -0.493 e. The first-order valence-electron chi connectivity index (χ1n) is 6.13. The molecule has 0 spiro atoms. The monoisotopic (exact) mass is 251 g/mol. The highest BCUT2D eigenvalue weighted by Crippen LogP contribution is 2.27. The zero-order chi connectivity index (χ0) is 13.5. The lowest BCUT2D eigenvalue weighted by atomic mass is 10.2. The summed E-state index contributed by atoms with van der Waals surface area (Å²) >= 11 is 0. The minimum absolute atomic E-state index is 0.00373. The molecule has 0 fully saturated rings. The number of amides is 1. The molecular weight excluding hydrogens is 230 g/mol. The number of benzene rings is 1. The van der Waals surface area contributed by atoms with E-state index in [1.54, 1.807) is 7.11 Å². The van der Waals surface area contributed by atoms with Gasteiger partial charge in [0.1, 0.15) is 0 Å². The maximum atomic E-state index is 11.6. The van der Waals surface area contributed by atoms with Gasteiger partial charge < -0.3 is 14.8 Å². The van der Waals surface area contributed by atoms with Gasteiger partial charge in [-0.3, -0.25) is 4.79 Å². The molecular formula is C14H21NO3. The summed E-state index contributed by atoms with van der Waals surface area (Å²) < 4.78 is 10.7. The standard InChI is InChI=1S/C14H21NO3/c1-5-11(3)15-14(16)9-18-12-7-6-10(2)8-13(12)17-4/h6-8,11H,5,9H2,1-4H3,(H,15,16)/t11-/m1/s1. The van der Waals surface area contributed by atoms with Gasteiger partial charge in [-0.1, -0.05) is 13.0 Å². The van der Waals surface area contributed by atoms with Gasteiger partial charge in [-0.15, -0.1) is 0 Å². The predicted octanol–water partition coefficient (Wildman–Crippen LogP) is 2.30. The molecule has 0 saturated heterocycles. The lowest BCUT2D eigenvalue weighted by molar-refractivity contribution is -0.123. The highest BCUT2D eigenvalue weighted by atomic mass is 16.5. The van der Waals surface area contributed by atoms with Crippen molar-refractivity contribution in [3.8, 4) is 11.5 Å². The second kappa shape index (κ2) is 6.89. The second-order valence-electron chi connectivity index (χ2n) is 4.32. The highest BCUT2D eigenvalue weighted by molar-refractivity contribution is 5.77. The maximum absolute atomic E-state index is 11.6. The van der Waals surface area contributed by atoms with Crippen LogP contribution < -0.4 is 14.8 Å². The molecule has 1 atom stereocenters. The number of carbonyl (C=O) groups excluding carboxylic acids is 1. The summed E-state index contributed by atoms with van der Waals surface area (Å²) in [6.07, 6.45) is 0.902.